The minimum atomic E-state index is -3.69. The number of esters is 1. The Morgan fingerprint density at radius 1 is 1.23 bits per heavy atom. The minimum Gasteiger partial charge on any atom is -0.466 e. The van der Waals surface area contributed by atoms with Gasteiger partial charge in [-0.15, -0.1) is 0 Å². The highest BCUT2D eigenvalue weighted by atomic mass is 32.2. The molecule has 11 heteroatoms. The summed E-state index contributed by atoms with van der Waals surface area (Å²) in [5.74, 6) is -0.496. The van der Waals surface area contributed by atoms with Gasteiger partial charge in [-0.3, -0.25) is 0 Å². The number of methoxy groups -OCH3 is 1. The summed E-state index contributed by atoms with van der Waals surface area (Å²) in [6.07, 6.45) is 13.2. The Morgan fingerprint density at radius 3 is 2.72 bits per heavy atom. The summed E-state index contributed by atoms with van der Waals surface area (Å²) < 4.78 is 43.9. The van der Waals surface area contributed by atoms with Crippen molar-refractivity contribution >= 4 is 15.8 Å². The van der Waals surface area contributed by atoms with Crippen LogP contribution in [-0.4, -0.2) is 66.5 Å². The van der Waals surface area contributed by atoms with Crippen LogP contribution in [0.1, 0.15) is 52.4 Å². The molecule has 1 saturated heterocycles. The normalized spacial score (nSPS) is 18.4. The lowest BCUT2D eigenvalue weighted by molar-refractivity contribution is -0.177. The van der Waals surface area contributed by atoms with E-state index in [1.807, 2.05) is 32.1 Å². The van der Waals surface area contributed by atoms with Crippen LogP contribution in [0.5, 0.6) is 0 Å². The van der Waals surface area contributed by atoms with Gasteiger partial charge in [0, 0.05) is 12.7 Å². The largest absolute Gasteiger partial charge is 0.466 e. The molecular weight excluding hydrogens is 520 g/mol. The molecule has 212 valence electrons. The molecule has 0 bridgehead atoms. The zero-order valence-electron chi connectivity index (χ0n) is 22.8. The van der Waals surface area contributed by atoms with E-state index in [0.717, 1.165) is 31.3 Å². The predicted octanol–water partition coefficient (Wildman–Crippen LogP) is 4.39. The third-order valence-electron chi connectivity index (χ3n) is 6.28. The van der Waals surface area contributed by atoms with Crippen molar-refractivity contribution in [2.24, 2.45) is 5.92 Å². The Labute approximate surface area is 230 Å². The summed E-state index contributed by atoms with van der Waals surface area (Å²) in [7, 11) is -2.36. The van der Waals surface area contributed by atoms with Crippen LogP contribution in [0.2, 0.25) is 0 Å². The summed E-state index contributed by atoms with van der Waals surface area (Å²) in [4.78, 5) is 11.5. The van der Waals surface area contributed by atoms with Crippen LogP contribution >= 0.6 is 0 Å². The molecule has 1 aromatic heterocycles. The highest BCUT2D eigenvalue weighted by Gasteiger charge is 2.24. The van der Waals surface area contributed by atoms with Crippen LogP contribution in [0.25, 0.3) is 5.69 Å². The van der Waals surface area contributed by atoms with Gasteiger partial charge in [0.2, 0.25) is 9.84 Å². The van der Waals surface area contributed by atoms with Crippen LogP contribution in [0.3, 0.4) is 0 Å². The Bertz CT molecular complexity index is 1230. The SMILES string of the molecule is CCC(/C=C/[C@@H](C/C=C/C(=O)OC)OC1CCCCO1)=C\[C@H](C)CCS(=O)(=O)c1nnnn1-c1ccccc1. The van der Waals surface area contributed by atoms with E-state index in [1.54, 1.807) is 30.3 Å². The molecule has 39 heavy (non-hydrogen) atoms. The first-order valence-corrected chi connectivity index (χ1v) is 14.9. The molecule has 0 spiro atoms. The number of rotatable bonds is 14. The summed E-state index contributed by atoms with van der Waals surface area (Å²) in [5.41, 5.74) is 1.65. The van der Waals surface area contributed by atoms with Crippen LogP contribution in [-0.2, 0) is 28.8 Å². The van der Waals surface area contributed by atoms with Gasteiger partial charge in [0.05, 0.1) is 24.7 Å². The van der Waals surface area contributed by atoms with Crippen molar-refractivity contribution < 1.29 is 27.4 Å². The molecule has 1 unspecified atom stereocenters. The first-order valence-electron chi connectivity index (χ1n) is 13.3. The number of hydrogen-bond acceptors (Lipinski definition) is 9. The van der Waals surface area contributed by atoms with Crippen molar-refractivity contribution in [2.45, 2.75) is 69.9 Å². The number of hydrogen-bond donors (Lipinski definition) is 0. The van der Waals surface area contributed by atoms with Crippen molar-refractivity contribution in [1.82, 2.24) is 20.2 Å². The number of allylic oxidation sites excluding steroid dienone is 3. The highest BCUT2D eigenvalue weighted by Crippen LogP contribution is 2.20. The maximum Gasteiger partial charge on any atom is 0.330 e. The number of carbonyl (C=O) groups excluding carboxylic acids is 1. The summed E-state index contributed by atoms with van der Waals surface area (Å²) in [6, 6.07) is 8.94. The first kappa shape index (κ1) is 30.4. The van der Waals surface area contributed by atoms with Crippen LogP contribution in [0.15, 0.2) is 71.4 Å². The molecule has 0 N–H and O–H groups in total. The third kappa shape index (κ3) is 9.83. The number of ether oxygens (including phenoxy) is 3. The molecule has 0 amide bonds. The van der Waals surface area contributed by atoms with Crippen LogP contribution in [0.4, 0.5) is 0 Å². The minimum absolute atomic E-state index is 0.000646. The Kier molecular flexibility index (Phi) is 12.0. The first-order chi connectivity index (χ1) is 18.8. The lowest BCUT2D eigenvalue weighted by atomic mass is 10.0. The molecule has 1 aliphatic heterocycles. The highest BCUT2D eigenvalue weighted by molar-refractivity contribution is 7.91. The summed E-state index contributed by atoms with van der Waals surface area (Å²) in [5, 5.41) is 11.1. The average molecular weight is 559 g/mol. The molecule has 2 aromatic rings. The lowest BCUT2D eigenvalue weighted by Gasteiger charge is -2.26. The second-order valence-corrected chi connectivity index (χ2v) is 11.4. The number of para-hydroxylation sites is 1. The summed E-state index contributed by atoms with van der Waals surface area (Å²) >= 11 is 0. The van der Waals surface area contributed by atoms with Crippen molar-refractivity contribution in [1.29, 1.82) is 0 Å². The van der Waals surface area contributed by atoms with E-state index in [1.165, 1.54) is 17.9 Å². The van der Waals surface area contributed by atoms with Gasteiger partial charge in [-0.1, -0.05) is 67.0 Å². The van der Waals surface area contributed by atoms with E-state index in [0.29, 0.717) is 25.1 Å². The van der Waals surface area contributed by atoms with E-state index in [9.17, 15) is 13.2 Å². The van der Waals surface area contributed by atoms with E-state index in [-0.39, 0.29) is 29.2 Å². The summed E-state index contributed by atoms with van der Waals surface area (Å²) in [6.45, 7) is 4.71. The molecule has 3 atom stereocenters. The predicted molar refractivity (Wildman–Crippen MR) is 147 cm³/mol. The maximum absolute atomic E-state index is 13.1. The molecule has 2 heterocycles. The van der Waals surface area contributed by atoms with E-state index in [4.69, 9.17) is 9.47 Å². The van der Waals surface area contributed by atoms with Gasteiger partial charge in [0.1, 0.15) is 0 Å². The van der Waals surface area contributed by atoms with E-state index in [2.05, 4.69) is 26.3 Å². The van der Waals surface area contributed by atoms with E-state index < -0.39 is 15.8 Å². The van der Waals surface area contributed by atoms with Gasteiger partial charge in [0.25, 0.3) is 5.16 Å². The zero-order chi connectivity index (χ0) is 28.1. The molecule has 3 rings (SSSR count). The molecular formula is C28H38N4O6S. The van der Waals surface area contributed by atoms with Crippen LogP contribution < -0.4 is 0 Å². The van der Waals surface area contributed by atoms with Crippen molar-refractivity contribution in [3.05, 3.63) is 66.3 Å². The lowest BCUT2D eigenvalue weighted by Crippen LogP contribution is -2.26. The van der Waals surface area contributed by atoms with Crippen LogP contribution in [0, 0.1) is 5.92 Å². The topological polar surface area (TPSA) is 122 Å². The Balaban J connectivity index is 1.64. The fourth-order valence-electron chi connectivity index (χ4n) is 4.07. The smallest absolute Gasteiger partial charge is 0.330 e. The van der Waals surface area contributed by atoms with Gasteiger partial charge in [0.15, 0.2) is 6.29 Å². The third-order valence-corrected chi connectivity index (χ3v) is 7.87. The maximum atomic E-state index is 13.1. The van der Waals surface area contributed by atoms with Crippen molar-refractivity contribution in [2.75, 3.05) is 19.5 Å². The number of carbonyl (C=O) groups is 1. The average Bonchev–Trinajstić information content (AvgIpc) is 3.46. The number of nitrogens with zero attached hydrogens (tertiary/aromatic N) is 4. The Hall–Kier alpha value is -3.15. The number of tetrazole rings is 1. The quantitative estimate of drug-likeness (QED) is 0.189. The zero-order valence-corrected chi connectivity index (χ0v) is 23.6. The number of aromatic nitrogens is 4. The van der Waals surface area contributed by atoms with Gasteiger partial charge in [-0.2, -0.15) is 4.68 Å². The number of benzene rings is 1. The molecule has 0 saturated carbocycles. The second-order valence-electron chi connectivity index (χ2n) is 9.38. The standard InChI is InChI=1S/C28H38N4O6S/c1-4-23(16-17-25(13-10-14-26(33)36-3)38-27-15-8-9-19-37-27)21-22(2)18-20-39(34,35)28-29-30-31-32(28)24-11-6-5-7-12-24/h5-7,10-12,14,16-17,21-22,25,27H,4,8-9,13,15,18-20H2,1-3H3/b14-10+,17-16+,23-21+/t22-,25-,27?/m1/s1. The number of sulfone groups is 1. The van der Waals surface area contributed by atoms with Gasteiger partial charge < -0.3 is 14.2 Å². The molecule has 0 radical (unpaired) electrons. The van der Waals surface area contributed by atoms with Gasteiger partial charge in [-0.25, -0.2) is 13.2 Å². The molecule has 1 aromatic carbocycles. The Morgan fingerprint density at radius 2 is 2.03 bits per heavy atom. The molecule has 0 aliphatic carbocycles. The van der Waals surface area contributed by atoms with Gasteiger partial charge in [-0.05, 0) is 67.0 Å². The molecule has 1 aliphatic rings. The molecule has 10 nitrogen and oxygen atoms in total. The van der Waals surface area contributed by atoms with Crippen molar-refractivity contribution in [3.63, 3.8) is 0 Å². The van der Waals surface area contributed by atoms with Crippen molar-refractivity contribution in [3.8, 4) is 5.69 Å². The fourth-order valence-corrected chi connectivity index (χ4v) is 5.50. The molecule has 1 fully saturated rings. The van der Waals surface area contributed by atoms with E-state index >= 15 is 0 Å². The monoisotopic (exact) mass is 558 g/mol. The second kappa shape index (κ2) is 15.4. The van der Waals surface area contributed by atoms with Gasteiger partial charge >= 0.3 is 5.97 Å². The fraction of sp³-hybridized carbons (Fsp3) is 0.500.